The predicted octanol–water partition coefficient (Wildman–Crippen LogP) is -0.195. The SMILES string of the molecule is N[C@H](CC[C@H](O)C(F)F)C(=O)O. The van der Waals surface area contributed by atoms with Gasteiger partial charge in [-0.2, -0.15) is 0 Å². The molecule has 0 unspecified atom stereocenters. The van der Waals surface area contributed by atoms with Crippen LogP contribution < -0.4 is 5.73 Å². The van der Waals surface area contributed by atoms with Gasteiger partial charge in [-0.3, -0.25) is 4.79 Å². The summed E-state index contributed by atoms with van der Waals surface area (Å²) in [7, 11) is 0. The highest BCUT2D eigenvalue weighted by atomic mass is 19.3. The van der Waals surface area contributed by atoms with Crippen molar-refractivity contribution in [2.24, 2.45) is 5.73 Å². The number of aliphatic carboxylic acids is 1. The Morgan fingerprint density at radius 2 is 1.92 bits per heavy atom. The summed E-state index contributed by atoms with van der Waals surface area (Å²) in [4.78, 5) is 10.1. The second-order valence-corrected chi connectivity index (χ2v) is 2.42. The van der Waals surface area contributed by atoms with Crippen LogP contribution in [0.15, 0.2) is 0 Å². The highest BCUT2D eigenvalue weighted by Gasteiger charge is 2.19. The zero-order valence-electron chi connectivity index (χ0n) is 6.28. The molecule has 0 fully saturated rings. The van der Waals surface area contributed by atoms with Crippen molar-refractivity contribution in [2.45, 2.75) is 31.4 Å². The molecule has 0 amide bonds. The zero-order valence-corrected chi connectivity index (χ0v) is 6.28. The van der Waals surface area contributed by atoms with Crippen molar-refractivity contribution in [1.82, 2.24) is 0 Å². The number of rotatable bonds is 5. The zero-order chi connectivity index (χ0) is 9.72. The van der Waals surface area contributed by atoms with Crippen LogP contribution in [0.4, 0.5) is 8.78 Å². The van der Waals surface area contributed by atoms with Gasteiger partial charge >= 0.3 is 5.97 Å². The average molecular weight is 183 g/mol. The predicted molar refractivity (Wildman–Crippen MR) is 36.9 cm³/mol. The Labute approximate surface area is 68.0 Å². The summed E-state index contributed by atoms with van der Waals surface area (Å²) >= 11 is 0. The molecule has 0 aromatic carbocycles. The molecule has 6 heteroatoms. The molecule has 12 heavy (non-hydrogen) atoms. The minimum atomic E-state index is -2.84. The first-order chi connectivity index (χ1) is 5.45. The molecule has 4 nitrogen and oxygen atoms in total. The minimum absolute atomic E-state index is 0.152. The topological polar surface area (TPSA) is 83.5 Å². The van der Waals surface area contributed by atoms with Gasteiger partial charge in [0.05, 0.1) is 0 Å². The fraction of sp³-hybridized carbons (Fsp3) is 0.833. The quantitative estimate of drug-likeness (QED) is 0.551. The van der Waals surface area contributed by atoms with E-state index >= 15 is 0 Å². The van der Waals surface area contributed by atoms with Crippen LogP contribution in [0.3, 0.4) is 0 Å². The molecule has 0 radical (unpaired) electrons. The van der Waals surface area contributed by atoms with Gasteiger partial charge in [0, 0.05) is 0 Å². The lowest BCUT2D eigenvalue weighted by Gasteiger charge is -2.10. The van der Waals surface area contributed by atoms with Gasteiger partial charge in [-0.25, -0.2) is 8.78 Å². The number of halogens is 2. The molecule has 0 aliphatic carbocycles. The number of alkyl halides is 2. The second-order valence-electron chi connectivity index (χ2n) is 2.42. The molecule has 0 saturated heterocycles. The van der Waals surface area contributed by atoms with Crippen molar-refractivity contribution in [3.05, 3.63) is 0 Å². The van der Waals surface area contributed by atoms with E-state index in [1.54, 1.807) is 0 Å². The van der Waals surface area contributed by atoms with E-state index in [2.05, 4.69) is 0 Å². The smallest absolute Gasteiger partial charge is 0.320 e. The Hall–Kier alpha value is -0.750. The molecule has 0 heterocycles. The number of hydrogen-bond donors (Lipinski definition) is 3. The first kappa shape index (κ1) is 11.2. The normalized spacial score (nSPS) is 16.1. The Kier molecular flexibility index (Phi) is 4.68. The maximum Gasteiger partial charge on any atom is 0.320 e. The number of carboxylic acids is 1. The van der Waals surface area contributed by atoms with Crippen LogP contribution >= 0.6 is 0 Å². The molecule has 0 aromatic heterocycles. The number of aliphatic hydroxyl groups is 1. The Morgan fingerprint density at radius 1 is 1.42 bits per heavy atom. The summed E-state index contributed by atoms with van der Waals surface area (Å²) in [5, 5.41) is 16.8. The first-order valence-corrected chi connectivity index (χ1v) is 3.39. The molecule has 0 aliphatic rings. The molecule has 0 rings (SSSR count). The monoisotopic (exact) mass is 183 g/mol. The van der Waals surface area contributed by atoms with Crippen molar-refractivity contribution in [2.75, 3.05) is 0 Å². The number of carbonyl (C=O) groups is 1. The second kappa shape index (κ2) is 5.00. The largest absolute Gasteiger partial charge is 0.480 e. The van der Waals surface area contributed by atoms with Gasteiger partial charge in [0.15, 0.2) is 0 Å². The van der Waals surface area contributed by atoms with E-state index in [9.17, 15) is 13.6 Å². The van der Waals surface area contributed by atoms with Crippen molar-refractivity contribution in [1.29, 1.82) is 0 Å². The maximum atomic E-state index is 11.6. The van der Waals surface area contributed by atoms with E-state index in [4.69, 9.17) is 15.9 Å². The van der Waals surface area contributed by atoms with Gasteiger partial charge in [0.2, 0.25) is 0 Å². The standard InChI is InChI=1S/C6H11F2NO3/c7-5(8)4(10)2-1-3(9)6(11)12/h3-5,10H,1-2,9H2,(H,11,12)/t3-,4+/m1/s1. The molecule has 4 N–H and O–H groups in total. The lowest BCUT2D eigenvalue weighted by molar-refractivity contribution is -0.138. The van der Waals surface area contributed by atoms with Gasteiger partial charge < -0.3 is 15.9 Å². The van der Waals surface area contributed by atoms with Gasteiger partial charge in [0.1, 0.15) is 12.1 Å². The number of carboxylic acid groups (broad SMARTS) is 1. The molecule has 72 valence electrons. The third-order valence-corrected chi connectivity index (χ3v) is 1.38. The minimum Gasteiger partial charge on any atom is -0.480 e. The summed E-state index contributed by atoms with van der Waals surface area (Å²) in [6.07, 6.45) is -5.08. The highest BCUT2D eigenvalue weighted by Crippen LogP contribution is 2.08. The molecule has 0 saturated carbocycles. The molecular formula is C6H11F2NO3. The van der Waals surface area contributed by atoms with Crippen LogP contribution in [0.5, 0.6) is 0 Å². The van der Waals surface area contributed by atoms with E-state index in [0.29, 0.717) is 0 Å². The number of hydrogen-bond acceptors (Lipinski definition) is 3. The van der Waals surface area contributed by atoms with Crippen LogP contribution in [0.1, 0.15) is 12.8 Å². The van der Waals surface area contributed by atoms with Crippen LogP contribution in [-0.2, 0) is 4.79 Å². The molecule has 0 spiro atoms. The highest BCUT2D eigenvalue weighted by molar-refractivity contribution is 5.72. The summed E-state index contributed by atoms with van der Waals surface area (Å²) in [5.74, 6) is -1.25. The van der Waals surface area contributed by atoms with Crippen molar-refractivity contribution in [3.63, 3.8) is 0 Å². The van der Waals surface area contributed by atoms with Crippen LogP contribution in [-0.4, -0.2) is 34.8 Å². The molecule has 0 aliphatic heterocycles. The summed E-state index contributed by atoms with van der Waals surface area (Å²) in [6.45, 7) is 0. The Balaban J connectivity index is 3.61. The first-order valence-electron chi connectivity index (χ1n) is 3.39. The van der Waals surface area contributed by atoms with E-state index in [-0.39, 0.29) is 12.8 Å². The maximum absolute atomic E-state index is 11.6. The van der Waals surface area contributed by atoms with Gasteiger partial charge in [-0.05, 0) is 12.8 Å². The number of aliphatic hydroxyl groups excluding tert-OH is 1. The van der Waals surface area contributed by atoms with Gasteiger partial charge in [-0.15, -0.1) is 0 Å². The molecule has 0 bridgehead atoms. The average Bonchev–Trinajstić information content (AvgIpc) is 1.98. The fourth-order valence-electron chi connectivity index (χ4n) is 0.600. The summed E-state index contributed by atoms with van der Waals surface area (Å²) in [5.41, 5.74) is 5.01. The molecule has 2 atom stereocenters. The fourth-order valence-corrected chi connectivity index (χ4v) is 0.600. The van der Waals surface area contributed by atoms with Crippen molar-refractivity contribution < 1.29 is 23.8 Å². The van der Waals surface area contributed by atoms with E-state index < -0.39 is 24.5 Å². The van der Waals surface area contributed by atoms with E-state index in [0.717, 1.165) is 0 Å². The molecular weight excluding hydrogens is 172 g/mol. The third-order valence-electron chi connectivity index (χ3n) is 1.38. The van der Waals surface area contributed by atoms with E-state index in [1.807, 2.05) is 0 Å². The Bertz CT molecular complexity index is 154. The lowest BCUT2D eigenvalue weighted by atomic mass is 10.1. The van der Waals surface area contributed by atoms with Crippen LogP contribution in [0.25, 0.3) is 0 Å². The summed E-state index contributed by atoms with van der Waals surface area (Å²) < 4.78 is 23.3. The van der Waals surface area contributed by atoms with Crippen LogP contribution in [0, 0.1) is 0 Å². The lowest BCUT2D eigenvalue weighted by Crippen LogP contribution is -2.32. The van der Waals surface area contributed by atoms with Crippen LogP contribution in [0.2, 0.25) is 0 Å². The van der Waals surface area contributed by atoms with E-state index in [1.165, 1.54) is 0 Å². The van der Waals surface area contributed by atoms with Gasteiger partial charge in [-0.1, -0.05) is 0 Å². The summed E-state index contributed by atoms with van der Waals surface area (Å²) in [6, 6.07) is -1.18. The van der Waals surface area contributed by atoms with Gasteiger partial charge in [0.25, 0.3) is 6.43 Å². The Morgan fingerprint density at radius 3 is 2.25 bits per heavy atom. The third kappa shape index (κ3) is 4.20. The van der Waals surface area contributed by atoms with Crippen molar-refractivity contribution in [3.8, 4) is 0 Å². The molecule has 0 aromatic rings. The number of nitrogens with two attached hydrogens (primary N) is 1. The van der Waals surface area contributed by atoms with Crippen molar-refractivity contribution >= 4 is 5.97 Å².